The van der Waals surface area contributed by atoms with Crippen LogP contribution in [0.3, 0.4) is 0 Å². The maximum absolute atomic E-state index is 13.0. The number of carbonyl (C=O) groups excluding carboxylic acids is 2. The fourth-order valence-electron chi connectivity index (χ4n) is 7.24. The molecule has 8 atom stereocenters. The van der Waals surface area contributed by atoms with Crippen LogP contribution < -0.4 is 0 Å². The Bertz CT molecular complexity index is 787. The monoisotopic (exact) mass is 360 g/mol. The summed E-state index contributed by atoms with van der Waals surface area (Å²) in [6.07, 6.45) is 4.56. The van der Waals surface area contributed by atoms with Gasteiger partial charge in [0.05, 0.1) is 24.7 Å². The van der Waals surface area contributed by atoms with Gasteiger partial charge in [0.15, 0.2) is 0 Å². The van der Waals surface area contributed by atoms with E-state index in [1.165, 1.54) is 7.11 Å². The zero-order chi connectivity index (χ0) is 18.7. The van der Waals surface area contributed by atoms with Gasteiger partial charge in [-0.05, 0) is 49.7 Å². The maximum atomic E-state index is 13.0. The minimum absolute atomic E-state index is 0.0989. The van der Waals surface area contributed by atoms with Crippen LogP contribution in [0.4, 0.5) is 0 Å². The van der Waals surface area contributed by atoms with Crippen LogP contribution in [0.5, 0.6) is 0 Å². The third kappa shape index (κ3) is 1.43. The summed E-state index contributed by atoms with van der Waals surface area (Å²) in [6.45, 7) is 5.78. The first kappa shape index (κ1) is 16.5. The minimum Gasteiger partial charge on any atom is -0.469 e. The number of aliphatic hydroxyl groups is 2. The van der Waals surface area contributed by atoms with Crippen molar-refractivity contribution in [3.8, 4) is 0 Å². The van der Waals surface area contributed by atoms with E-state index in [0.29, 0.717) is 25.7 Å². The lowest BCUT2D eigenvalue weighted by molar-refractivity contribution is -0.164. The molecule has 0 aromatic heterocycles. The smallest absolute Gasteiger partial charge is 0.316 e. The van der Waals surface area contributed by atoms with E-state index in [9.17, 15) is 19.8 Å². The molecular weight excluding hydrogens is 336 g/mol. The van der Waals surface area contributed by atoms with E-state index in [-0.39, 0.29) is 5.92 Å². The van der Waals surface area contributed by atoms with Gasteiger partial charge < -0.3 is 19.7 Å². The zero-order valence-corrected chi connectivity index (χ0v) is 15.0. The van der Waals surface area contributed by atoms with E-state index in [1.54, 1.807) is 19.1 Å². The van der Waals surface area contributed by atoms with Gasteiger partial charge in [0, 0.05) is 11.8 Å². The van der Waals surface area contributed by atoms with Crippen LogP contribution in [0.15, 0.2) is 24.3 Å². The summed E-state index contributed by atoms with van der Waals surface area (Å²) >= 11 is 0. The lowest BCUT2D eigenvalue weighted by Crippen LogP contribution is -2.50. The van der Waals surface area contributed by atoms with E-state index in [0.717, 1.165) is 5.57 Å². The second-order valence-corrected chi connectivity index (χ2v) is 9.12. The molecule has 2 N–H and O–H groups in total. The van der Waals surface area contributed by atoms with E-state index in [2.05, 4.69) is 6.58 Å². The molecule has 26 heavy (non-hydrogen) atoms. The summed E-state index contributed by atoms with van der Waals surface area (Å²) in [4.78, 5) is 25.8. The fraction of sp³-hybridized carbons (Fsp3) is 0.700. The molecule has 1 aliphatic heterocycles. The Morgan fingerprint density at radius 3 is 2.88 bits per heavy atom. The lowest BCUT2D eigenvalue weighted by Gasteiger charge is -2.44. The Kier molecular flexibility index (Phi) is 2.81. The molecule has 6 nitrogen and oxygen atoms in total. The summed E-state index contributed by atoms with van der Waals surface area (Å²) in [6, 6.07) is 0. The highest BCUT2D eigenvalue weighted by atomic mass is 16.6. The van der Waals surface area contributed by atoms with Crippen molar-refractivity contribution < 1.29 is 29.3 Å². The molecular formula is C20H24O6. The SMILES string of the molecule is C=C1C[C@]23C[C@@]1(O)CC[C@H]2[C@@]12C=C[C@H](O)[C@](C)(C(=O)O1)[C@H]2[C@@H]3C(=O)OC. The van der Waals surface area contributed by atoms with E-state index < -0.39 is 51.9 Å². The van der Waals surface area contributed by atoms with Crippen LogP contribution >= 0.6 is 0 Å². The number of esters is 2. The summed E-state index contributed by atoms with van der Waals surface area (Å²) in [5, 5.41) is 21.7. The van der Waals surface area contributed by atoms with Gasteiger partial charge in [0.2, 0.25) is 0 Å². The molecule has 0 amide bonds. The second kappa shape index (κ2) is 4.42. The summed E-state index contributed by atoms with van der Waals surface area (Å²) in [5.74, 6) is -2.08. The maximum Gasteiger partial charge on any atom is 0.316 e. The molecule has 5 rings (SSSR count). The van der Waals surface area contributed by atoms with Crippen LogP contribution in [0.2, 0.25) is 0 Å². The van der Waals surface area contributed by atoms with Crippen LogP contribution in [-0.4, -0.2) is 46.6 Å². The molecule has 4 fully saturated rings. The Morgan fingerprint density at radius 1 is 1.46 bits per heavy atom. The number of rotatable bonds is 1. The van der Waals surface area contributed by atoms with Crippen molar-refractivity contribution in [2.45, 2.75) is 49.9 Å². The molecule has 3 saturated carbocycles. The predicted molar refractivity (Wildman–Crippen MR) is 89.6 cm³/mol. The lowest BCUT2D eigenvalue weighted by atomic mass is 9.61. The van der Waals surface area contributed by atoms with E-state index >= 15 is 0 Å². The number of hydrogen-bond acceptors (Lipinski definition) is 6. The molecule has 0 unspecified atom stereocenters. The number of fused-ring (bicyclic) bond motifs is 1. The summed E-state index contributed by atoms with van der Waals surface area (Å²) in [7, 11) is 1.35. The van der Waals surface area contributed by atoms with Crippen LogP contribution in [-0.2, 0) is 19.1 Å². The quantitative estimate of drug-likeness (QED) is 0.538. The van der Waals surface area contributed by atoms with Gasteiger partial charge in [-0.1, -0.05) is 12.7 Å². The second-order valence-electron chi connectivity index (χ2n) is 9.12. The molecule has 1 saturated heterocycles. The first-order valence-electron chi connectivity index (χ1n) is 9.25. The first-order valence-corrected chi connectivity index (χ1v) is 9.25. The third-order valence-corrected chi connectivity index (χ3v) is 8.31. The third-order valence-electron chi connectivity index (χ3n) is 8.31. The average molecular weight is 360 g/mol. The van der Waals surface area contributed by atoms with Crippen molar-refractivity contribution in [2.24, 2.45) is 28.6 Å². The van der Waals surface area contributed by atoms with Crippen LogP contribution in [0, 0.1) is 28.6 Å². The van der Waals surface area contributed by atoms with E-state index in [1.807, 2.05) is 0 Å². The van der Waals surface area contributed by atoms with Gasteiger partial charge in [-0.25, -0.2) is 0 Å². The predicted octanol–water partition coefficient (Wildman–Crippen LogP) is 1.12. The van der Waals surface area contributed by atoms with Crippen molar-refractivity contribution in [2.75, 3.05) is 7.11 Å². The number of ether oxygens (including phenoxy) is 2. The number of aliphatic hydroxyl groups excluding tert-OH is 1. The molecule has 1 heterocycles. The van der Waals surface area contributed by atoms with Crippen molar-refractivity contribution in [3.05, 3.63) is 24.3 Å². The normalized spacial score (nSPS) is 56.2. The fourth-order valence-corrected chi connectivity index (χ4v) is 7.24. The number of hydrogen-bond donors (Lipinski definition) is 2. The van der Waals surface area contributed by atoms with Crippen molar-refractivity contribution in [3.63, 3.8) is 0 Å². The number of methoxy groups -OCH3 is 1. The molecule has 4 bridgehead atoms. The molecule has 0 aromatic carbocycles. The topological polar surface area (TPSA) is 93.1 Å². The zero-order valence-electron chi connectivity index (χ0n) is 15.0. The van der Waals surface area contributed by atoms with Crippen LogP contribution in [0.1, 0.15) is 32.6 Å². The molecule has 1 spiro atoms. The molecule has 0 aromatic rings. The van der Waals surface area contributed by atoms with Gasteiger partial charge >= 0.3 is 11.9 Å². The van der Waals surface area contributed by atoms with Crippen molar-refractivity contribution in [1.82, 2.24) is 0 Å². The standard InChI is InChI=1S/C20H24O6/c1-10-8-18-9-19(10,24)6-4-11(18)20-7-5-12(21)17(2,16(23)26-20)14(20)13(18)15(22)25-3/h5,7,11-14,21,24H,1,4,6,8-9H2,2-3H3/t11-,12+,13-,14-,17+,18+,19+,20-/m1/s1. The van der Waals surface area contributed by atoms with Gasteiger partial charge in [0.25, 0.3) is 0 Å². The Labute approximate surface area is 151 Å². The Balaban J connectivity index is 1.78. The molecule has 0 radical (unpaired) electrons. The van der Waals surface area contributed by atoms with Gasteiger partial charge in [-0.2, -0.15) is 0 Å². The van der Waals surface area contributed by atoms with Gasteiger partial charge in [0.1, 0.15) is 11.0 Å². The highest BCUT2D eigenvalue weighted by Gasteiger charge is 2.83. The molecule has 6 heteroatoms. The van der Waals surface area contributed by atoms with E-state index in [4.69, 9.17) is 9.47 Å². The first-order chi connectivity index (χ1) is 12.2. The Hall–Kier alpha value is -1.66. The average Bonchev–Trinajstić information content (AvgIpc) is 3.02. The highest BCUT2D eigenvalue weighted by molar-refractivity contribution is 5.87. The molecule has 5 aliphatic rings. The highest BCUT2D eigenvalue weighted by Crippen LogP contribution is 2.77. The van der Waals surface area contributed by atoms with Crippen molar-refractivity contribution in [1.29, 1.82) is 0 Å². The summed E-state index contributed by atoms with van der Waals surface area (Å²) < 4.78 is 11.1. The number of carbonyl (C=O) groups is 2. The minimum atomic E-state index is -1.19. The van der Waals surface area contributed by atoms with Crippen molar-refractivity contribution >= 4 is 11.9 Å². The summed E-state index contributed by atoms with van der Waals surface area (Å²) in [5.41, 5.74) is -2.89. The van der Waals surface area contributed by atoms with Crippen LogP contribution in [0.25, 0.3) is 0 Å². The van der Waals surface area contributed by atoms with Gasteiger partial charge in [-0.15, -0.1) is 0 Å². The Morgan fingerprint density at radius 2 is 2.19 bits per heavy atom. The van der Waals surface area contributed by atoms with Gasteiger partial charge in [-0.3, -0.25) is 9.59 Å². The molecule has 140 valence electrons. The molecule has 4 aliphatic carbocycles. The largest absolute Gasteiger partial charge is 0.469 e.